The quantitative estimate of drug-likeness (QED) is 0.852. The van der Waals surface area contributed by atoms with Crippen LogP contribution in [-0.4, -0.2) is 27.7 Å². The van der Waals surface area contributed by atoms with E-state index in [1.54, 1.807) is 6.20 Å². The summed E-state index contributed by atoms with van der Waals surface area (Å²) in [5, 5.41) is 3.12. The Morgan fingerprint density at radius 1 is 1.25 bits per heavy atom. The molecule has 0 saturated heterocycles. The van der Waals surface area contributed by atoms with Gasteiger partial charge in [0.15, 0.2) is 0 Å². The van der Waals surface area contributed by atoms with E-state index in [0.29, 0.717) is 5.69 Å². The van der Waals surface area contributed by atoms with Crippen LogP contribution in [0.1, 0.15) is 54.7 Å². The van der Waals surface area contributed by atoms with Gasteiger partial charge in [-0.1, -0.05) is 6.42 Å². The molecule has 0 aromatic carbocycles. The van der Waals surface area contributed by atoms with Crippen LogP contribution in [-0.2, 0) is 4.79 Å². The topological polar surface area (TPSA) is 72.0 Å². The van der Waals surface area contributed by atoms with Crippen molar-refractivity contribution in [3.8, 4) is 0 Å². The molecule has 3 rings (SSSR count). The number of aryl methyl sites for hydroxylation is 1. The molecule has 1 aromatic rings. The largest absolute Gasteiger partial charge is 0.345 e. The zero-order valence-corrected chi connectivity index (χ0v) is 11.7. The normalized spacial score (nSPS) is 31.9. The van der Waals surface area contributed by atoms with Crippen molar-refractivity contribution in [1.29, 1.82) is 0 Å². The van der Waals surface area contributed by atoms with E-state index in [4.69, 9.17) is 0 Å². The molecule has 2 fully saturated rings. The van der Waals surface area contributed by atoms with E-state index in [1.807, 2.05) is 6.92 Å². The van der Waals surface area contributed by atoms with Crippen molar-refractivity contribution < 1.29 is 9.59 Å². The molecule has 1 amide bonds. The van der Waals surface area contributed by atoms with Gasteiger partial charge in [0.2, 0.25) is 0 Å². The van der Waals surface area contributed by atoms with Gasteiger partial charge in [-0.15, -0.1) is 0 Å². The van der Waals surface area contributed by atoms with Gasteiger partial charge in [0.05, 0.1) is 11.9 Å². The maximum atomic E-state index is 12.3. The second-order valence-electron chi connectivity index (χ2n) is 6.29. The monoisotopic (exact) mass is 273 g/mol. The van der Waals surface area contributed by atoms with Crippen LogP contribution < -0.4 is 5.32 Å². The lowest BCUT2D eigenvalue weighted by atomic mass is 9.74. The van der Waals surface area contributed by atoms with Crippen LogP contribution in [0.25, 0.3) is 0 Å². The van der Waals surface area contributed by atoms with Crippen LogP contribution in [0.3, 0.4) is 0 Å². The summed E-state index contributed by atoms with van der Waals surface area (Å²) in [4.78, 5) is 31.9. The zero-order chi connectivity index (χ0) is 14.2. The van der Waals surface area contributed by atoms with E-state index in [-0.39, 0.29) is 16.9 Å². The van der Waals surface area contributed by atoms with Crippen LogP contribution in [0.5, 0.6) is 0 Å². The molecular formula is C15H19N3O2. The highest BCUT2D eigenvalue weighted by Gasteiger charge is 2.51. The van der Waals surface area contributed by atoms with Gasteiger partial charge in [-0.05, 0) is 39.0 Å². The minimum absolute atomic E-state index is 0.180. The average molecular weight is 273 g/mol. The summed E-state index contributed by atoms with van der Waals surface area (Å²) in [6.45, 7) is 1.84. The Morgan fingerprint density at radius 3 is 2.80 bits per heavy atom. The number of aromatic nitrogens is 2. The Balaban J connectivity index is 1.76. The van der Waals surface area contributed by atoms with Gasteiger partial charge in [0.25, 0.3) is 5.91 Å². The van der Waals surface area contributed by atoms with Gasteiger partial charge in [0, 0.05) is 17.2 Å². The van der Waals surface area contributed by atoms with Gasteiger partial charge in [-0.2, -0.15) is 0 Å². The molecule has 2 atom stereocenters. The number of nitrogens with one attached hydrogen (secondary N) is 1. The third-order valence-electron chi connectivity index (χ3n) is 4.76. The number of hydrogen-bond donors (Lipinski definition) is 1. The number of rotatable bonds is 3. The molecule has 0 spiro atoms. The lowest BCUT2D eigenvalue weighted by Gasteiger charge is -2.37. The molecule has 1 heterocycles. The van der Waals surface area contributed by atoms with Crippen molar-refractivity contribution >= 4 is 12.2 Å². The lowest BCUT2D eigenvalue weighted by Crippen LogP contribution is -2.49. The molecular weight excluding hydrogens is 254 g/mol. The van der Waals surface area contributed by atoms with Crippen LogP contribution in [0.15, 0.2) is 12.4 Å². The number of nitrogens with zero attached hydrogens (tertiary/aromatic N) is 2. The number of aldehydes is 1. The van der Waals surface area contributed by atoms with Crippen molar-refractivity contribution in [1.82, 2.24) is 15.3 Å². The van der Waals surface area contributed by atoms with E-state index in [9.17, 15) is 9.59 Å². The van der Waals surface area contributed by atoms with Gasteiger partial charge >= 0.3 is 0 Å². The van der Waals surface area contributed by atoms with Crippen molar-refractivity contribution in [2.24, 2.45) is 5.41 Å². The Kier molecular flexibility index (Phi) is 3.07. The minimum Gasteiger partial charge on any atom is -0.345 e. The molecule has 20 heavy (non-hydrogen) atoms. The second-order valence-corrected chi connectivity index (χ2v) is 6.29. The number of carbonyl (C=O) groups is 2. The van der Waals surface area contributed by atoms with E-state index in [1.165, 1.54) is 6.20 Å². The average Bonchev–Trinajstić information content (AvgIpc) is 2.71. The zero-order valence-electron chi connectivity index (χ0n) is 11.7. The first-order valence-corrected chi connectivity index (χ1v) is 7.14. The van der Waals surface area contributed by atoms with Crippen molar-refractivity contribution in [3.05, 3.63) is 23.8 Å². The Bertz CT molecular complexity index is 543. The first-order chi connectivity index (χ1) is 9.56. The number of fused-ring (bicyclic) bond motifs is 2. The van der Waals surface area contributed by atoms with Crippen LogP contribution >= 0.6 is 0 Å². The number of amides is 1. The Hall–Kier alpha value is -1.78. The first-order valence-electron chi connectivity index (χ1n) is 7.14. The molecule has 106 valence electrons. The highest BCUT2D eigenvalue weighted by Crippen LogP contribution is 2.52. The number of carbonyl (C=O) groups excluding carboxylic acids is 2. The van der Waals surface area contributed by atoms with E-state index in [0.717, 1.165) is 50.5 Å². The Morgan fingerprint density at radius 2 is 2.10 bits per heavy atom. The summed E-state index contributed by atoms with van der Waals surface area (Å²) >= 11 is 0. The molecule has 2 aliphatic carbocycles. The molecule has 1 aromatic heterocycles. The molecule has 1 N–H and O–H groups in total. The molecule has 2 bridgehead atoms. The number of hydrogen-bond acceptors (Lipinski definition) is 4. The van der Waals surface area contributed by atoms with Gasteiger partial charge in [-0.25, -0.2) is 4.98 Å². The summed E-state index contributed by atoms with van der Waals surface area (Å²) in [7, 11) is 0. The highest BCUT2D eigenvalue weighted by molar-refractivity contribution is 5.92. The van der Waals surface area contributed by atoms with Crippen molar-refractivity contribution in [2.45, 2.75) is 51.0 Å². The summed E-state index contributed by atoms with van der Waals surface area (Å²) in [5.74, 6) is -0.180. The molecule has 5 heteroatoms. The smallest absolute Gasteiger partial charge is 0.271 e. The Labute approximate surface area is 118 Å². The molecule has 2 saturated carbocycles. The molecule has 0 aliphatic heterocycles. The van der Waals surface area contributed by atoms with E-state index < -0.39 is 0 Å². The molecule has 2 aliphatic rings. The predicted molar refractivity (Wildman–Crippen MR) is 73.2 cm³/mol. The summed E-state index contributed by atoms with van der Waals surface area (Å²) < 4.78 is 0. The molecule has 5 nitrogen and oxygen atoms in total. The predicted octanol–water partition coefficient (Wildman–Crippen LogP) is 1.81. The maximum absolute atomic E-state index is 12.3. The fourth-order valence-electron chi connectivity index (χ4n) is 3.69. The van der Waals surface area contributed by atoms with E-state index in [2.05, 4.69) is 15.3 Å². The molecule has 2 unspecified atom stereocenters. The maximum Gasteiger partial charge on any atom is 0.271 e. The van der Waals surface area contributed by atoms with Gasteiger partial charge in [0.1, 0.15) is 12.0 Å². The second kappa shape index (κ2) is 4.65. The van der Waals surface area contributed by atoms with Crippen molar-refractivity contribution in [2.75, 3.05) is 0 Å². The summed E-state index contributed by atoms with van der Waals surface area (Å²) in [6.07, 6.45) is 9.65. The minimum atomic E-state index is -0.219. The van der Waals surface area contributed by atoms with Crippen LogP contribution in [0.2, 0.25) is 0 Å². The fraction of sp³-hybridized carbons (Fsp3) is 0.600. The summed E-state index contributed by atoms with van der Waals surface area (Å²) in [6, 6.07) is 0. The van der Waals surface area contributed by atoms with E-state index >= 15 is 0 Å². The van der Waals surface area contributed by atoms with Crippen LogP contribution in [0, 0.1) is 12.3 Å². The van der Waals surface area contributed by atoms with Crippen LogP contribution in [0.4, 0.5) is 0 Å². The van der Waals surface area contributed by atoms with Gasteiger partial charge in [-0.3, -0.25) is 9.78 Å². The molecule has 0 radical (unpaired) electrons. The third-order valence-corrected chi connectivity index (χ3v) is 4.76. The SMILES string of the molecule is Cc1cnc(C(=O)NC23CCCC(C=O)(CC2)C3)cn1. The first kappa shape index (κ1) is 13.2. The standard InChI is InChI=1S/C15H19N3O2/c1-11-7-17-12(8-16-11)13(20)18-15-4-2-3-14(9-15,10-19)5-6-15/h7-8,10H,2-6,9H2,1H3,(H,18,20). The van der Waals surface area contributed by atoms with Crippen molar-refractivity contribution in [3.63, 3.8) is 0 Å². The third kappa shape index (κ3) is 2.21. The lowest BCUT2D eigenvalue weighted by molar-refractivity contribution is -0.117. The fourth-order valence-corrected chi connectivity index (χ4v) is 3.69. The highest BCUT2D eigenvalue weighted by atomic mass is 16.2. The van der Waals surface area contributed by atoms with Gasteiger partial charge < -0.3 is 10.1 Å². The summed E-state index contributed by atoms with van der Waals surface area (Å²) in [5.41, 5.74) is 0.713.